The van der Waals surface area contributed by atoms with Crippen molar-refractivity contribution in [2.24, 2.45) is 5.92 Å². The Morgan fingerprint density at radius 1 is 1.19 bits per heavy atom. The van der Waals surface area contributed by atoms with Crippen LogP contribution in [-0.2, 0) is 9.59 Å². The van der Waals surface area contributed by atoms with Gasteiger partial charge < -0.3 is 20.1 Å². The highest BCUT2D eigenvalue weighted by Gasteiger charge is 2.25. The van der Waals surface area contributed by atoms with Crippen LogP contribution in [0.25, 0.3) is 0 Å². The molecule has 6 nitrogen and oxygen atoms in total. The first-order chi connectivity index (χ1) is 10.1. The van der Waals surface area contributed by atoms with Crippen LogP contribution in [0.2, 0.25) is 0 Å². The summed E-state index contributed by atoms with van der Waals surface area (Å²) in [5, 5.41) is 5.36. The van der Waals surface area contributed by atoms with Crippen LogP contribution in [0, 0.1) is 5.92 Å². The third-order valence-corrected chi connectivity index (χ3v) is 3.57. The number of nitrogens with one attached hydrogen (secondary N) is 2. The molecule has 0 unspecified atom stereocenters. The predicted molar refractivity (Wildman–Crippen MR) is 78.5 cm³/mol. The first kappa shape index (κ1) is 15.2. The zero-order chi connectivity index (χ0) is 15.2. The van der Waals surface area contributed by atoms with Gasteiger partial charge in [0, 0.05) is 17.7 Å². The molecule has 1 aliphatic carbocycles. The van der Waals surface area contributed by atoms with Gasteiger partial charge in [-0.3, -0.25) is 9.59 Å². The molecule has 1 aromatic carbocycles. The van der Waals surface area contributed by atoms with Crippen molar-refractivity contribution in [2.45, 2.75) is 19.3 Å². The van der Waals surface area contributed by atoms with E-state index in [1.807, 2.05) is 0 Å². The average molecular weight is 292 g/mol. The van der Waals surface area contributed by atoms with Crippen molar-refractivity contribution in [2.75, 3.05) is 26.1 Å². The third kappa shape index (κ3) is 3.87. The number of carbonyl (C=O) groups is 2. The molecule has 0 spiro atoms. The number of carbonyl (C=O) groups excluding carboxylic acids is 2. The quantitative estimate of drug-likeness (QED) is 0.834. The molecule has 2 N–H and O–H groups in total. The molecular formula is C15H20N2O4. The first-order valence-corrected chi connectivity index (χ1v) is 6.93. The van der Waals surface area contributed by atoms with Gasteiger partial charge in [-0.15, -0.1) is 0 Å². The van der Waals surface area contributed by atoms with Gasteiger partial charge in [-0.2, -0.15) is 0 Å². The molecule has 0 aliphatic heterocycles. The minimum atomic E-state index is -0.269. The van der Waals surface area contributed by atoms with E-state index in [0.717, 1.165) is 19.3 Å². The van der Waals surface area contributed by atoms with E-state index >= 15 is 0 Å². The largest absolute Gasteiger partial charge is 0.493 e. The number of ether oxygens (including phenoxy) is 2. The van der Waals surface area contributed by atoms with E-state index < -0.39 is 0 Å². The molecule has 1 saturated carbocycles. The molecule has 0 aromatic heterocycles. The molecule has 21 heavy (non-hydrogen) atoms. The lowest BCUT2D eigenvalue weighted by Gasteiger charge is -2.23. The predicted octanol–water partition coefficient (Wildman–Crippen LogP) is 1.56. The molecular weight excluding hydrogens is 272 g/mol. The lowest BCUT2D eigenvalue weighted by Crippen LogP contribution is -2.39. The number of hydrogen-bond donors (Lipinski definition) is 2. The highest BCUT2D eigenvalue weighted by atomic mass is 16.5. The summed E-state index contributed by atoms with van der Waals surface area (Å²) in [7, 11) is 3.08. The minimum Gasteiger partial charge on any atom is -0.493 e. The summed E-state index contributed by atoms with van der Waals surface area (Å²) in [6.45, 7) is -0.0241. The van der Waals surface area contributed by atoms with Crippen LogP contribution in [0.3, 0.4) is 0 Å². The summed E-state index contributed by atoms with van der Waals surface area (Å²) >= 11 is 0. The SMILES string of the molecule is COc1ccc(NC(=O)CNC(=O)C2CCC2)cc1OC. The van der Waals surface area contributed by atoms with Gasteiger partial charge in [0.15, 0.2) is 11.5 Å². The fourth-order valence-electron chi connectivity index (χ4n) is 2.10. The summed E-state index contributed by atoms with van der Waals surface area (Å²) in [4.78, 5) is 23.4. The van der Waals surface area contributed by atoms with Gasteiger partial charge in [0.25, 0.3) is 0 Å². The van der Waals surface area contributed by atoms with Gasteiger partial charge in [0.1, 0.15) is 0 Å². The zero-order valence-corrected chi connectivity index (χ0v) is 12.3. The van der Waals surface area contributed by atoms with Crippen LogP contribution in [-0.4, -0.2) is 32.6 Å². The maximum Gasteiger partial charge on any atom is 0.243 e. The maximum absolute atomic E-state index is 11.8. The molecule has 0 heterocycles. The van der Waals surface area contributed by atoms with Crippen LogP contribution >= 0.6 is 0 Å². The lowest BCUT2D eigenvalue weighted by molar-refractivity contribution is -0.129. The maximum atomic E-state index is 11.8. The molecule has 0 saturated heterocycles. The Bertz CT molecular complexity index is 526. The monoisotopic (exact) mass is 292 g/mol. The molecule has 0 radical (unpaired) electrons. The Kier molecular flexibility index (Phi) is 5.03. The summed E-state index contributed by atoms with van der Waals surface area (Å²) in [6.07, 6.45) is 2.93. The molecule has 1 aromatic rings. The van der Waals surface area contributed by atoms with Crippen LogP contribution in [0.4, 0.5) is 5.69 Å². The number of benzene rings is 1. The smallest absolute Gasteiger partial charge is 0.243 e. The summed E-state index contributed by atoms with van der Waals surface area (Å²) < 4.78 is 10.3. The number of amides is 2. The van der Waals surface area contributed by atoms with Crippen LogP contribution in [0.15, 0.2) is 18.2 Å². The van der Waals surface area contributed by atoms with Gasteiger partial charge in [-0.05, 0) is 25.0 Å². The Morgan fingerprint density at radius 2 is 1.90 bits per heavy atom. The van der Waals surface area contributed by atoms with Crippen LogP contribution in [0.1, 0.15) is 19.3 Å². The van der Waals surface area contributed by atoms with Crippen molar-refractivity contribution in [3.05, 3.63) is 18.2 Å². The fraction of sp³-hybridized carbons (Fsp3) is 0.467. The second-order valence-electron chi connectivity index (χ2n) is 4.96. The Labute approximate surface area is 123 Å². The van der Waals surface area contributed by atoms with Crippen LogP contribution in [0.5, 0.6) is 11.5 Å². The van der Waals surface area contributed by atoms with E-state index in [1.165, 1.54) is 7.11 Å². The van der Waals surface area contributed by atoms with Crippen molar-refractivity contribution in [1.82, 2.24) is 5.32 Å². The molecule has 1 fully saturated rings. The second kappa shape index (κ2) is 6.97. The third-order valence-electron chi connectivity index (χ3n) is 3.57. The van der Waals surface area contributed by atoms with Crippen molar-refractivity contribution in [3.8, 4) is 11.5 Å². The number of rotatable bonds is 6. The Balaban J connectivity index is 1.85. The summed E-state index contributed by atoms with van der Waals surface area (Å²) in [5.74, 6) is 0.903. The van der Waals surface area contributed by atoms with Crippen molar-refractivity contribution < 1.29 is 19.1 Å². The highest BCUT2D eigenvalue weighted by Crippen LogP contribution is 2.29. The normalized spacial score (nSPS) is 14.0. The minimum absolute atomic E-state index is 0.0241. The van der Waals surface area contributed by atoms with Crippen LogP contribution < -0.4 is 20.1 Å². The Morgan fingerprint density at radius 3 is 2.48 bits per heavy atom. The lowest BCUT2D eigenvalue weighted by atomic mass is 9.85. The molecule has 114 valence electrons. The standard InChI is InChI=1S/C15H20N2O4/c1-20-12-7-6-11(8-13(12)21-2)17-14(18)9-16-15(19)10-4-3-5-10/h6-8,10H,3-5,9H2,1-2H3,(H,16,19)(H,17,18). The van der Waals surface area contributed by atoms with Gasteiger partial charge in [0.05, 0.1) is 20.8 Å². The molecule has 6 heteroatoms. The fourth-order valence-corrected chi connectivity index (χ4v) is 2.10. The van der Waals surface area contributed by atoms with E-state index in [0.29, 0.717) is 17.2 Å². The van der Waals surface area contributed by atoms with E-state index in [4.69, 9.17) is 9.47 Å². The second-order valence-corrected chi connectivity index (χ2v) is 4.96. The molecule has 1 aliphatic rings. The number of methoxy groups -OCH3 is 2. The average Bonchev–Trinajstić information content (AvgIpc) is 2.43. The van der Waals surface area contributed by atoms with E-state index in [9.17, 15) is 9.59 Å². The van der Waals surface area contributed by atoms with E-state index in [1.54, 1.807) is 25.3 Å². The Hall–Kier alpha value is -2.24. The summed E-state index contributed by atoms with van der Waals surface area (Å²) in [6, 6.07) is 5.10. The van der Waals surface area contributed by atoms with E-state index in [-0.39, 0.29) is 24.3 Å². The van der Waals surface area contributed by atoms with Crippen molar-refractivity contribution >= 4 is 17.5 Å². The highest BCUT2D eigenvalue weighted by molar-refractivity contribution is 5.95. The van der Waals surface area contributed by atoms with Gasteiger partial charge in [-0.1, -0.05) is 6.42 Å². The first-order valence-electron chi connectivity index (χ1n) is 6.93. The van der Waals surface area contributed by atoms with Gasteiger partial charge >= 0.3 is 0 Å². The topological polar surface area (TPSA) is 76.7 Å². The van der Waals surface area contributed by atoms with Crippen molar-refractivity contribution in [3.63, 3.8) is 0 Å². The summed E-state index contributed by atoms with van der Waals surface area (Å²) in [5.41, 5.74) is 0.593. The molecule has 0 bridgehead atoms. The number of anilines is 1. The number of hydrogen-bond acceptors (Lipinski definition) is 4. The van der Waals surface area contributed by atoms with Crippen molar-refractivity contribution in [1.29, 1.82) is 0 Å². The molecule has 2 rings (SSSR count). The van der Waals surface area contributed by atoms with Gasteiger partial charge in [0.2, 0.25) is 11.8 Å². The molecule has 2 amide bonds. The molecule has 0 atom stereocenters. The van der Waals surface area contributed by atoms with Gasteiger partial charge in [-0.25, -0.2) is 0 Å². The van der Waals surface area contributed by atoms with E-state index in [2.05, 4.69) is 10.6 Å². The zero-order valence-electron chi connectivity index (χ0n) is 12.3.